The summed E-state index contributed by atoms with van der Waals surface area (Å²) in [6.45, 7) is 4.73. The first kappa shape index (κ1) is 13.0. The summed E-state index contributed by atoms with van der Waals surface area (Å²) in [6, 6.07) is -0.619. The van der Waals surface area contributed by atoms with Gasteiger partial charge in [0.05, 0.1) is 12.5 Å². The Kier molecular flexibility index (Phi) is 4.29. The average molecular weight is 228 g/mol. The average Bonchev–Trinajstić information content (AvgIpc) is 2.94. The molecule has 1 amide bonds. The molecule has 0 radical (unpaired) electrons. The molecule has 16 heavy (non-hydrogen) atoms. The molecule has 0 bridgehead atoms. The number of aliphatic carboxylic acids is 1. The number of hydrogen-bond donors (Lipinski definition) is 2. The molecular weight excluding hydrogens is 208 g/mol. The van der Waals surface area contributed by atoms with E-state index in [1.807, 2.05) is 13.8 Å². The zero-order valence-electron chi connectivity index (χ0n) is 9.85. The molecular formula is C11H20N2O3. The number of nitrogens with zero attached hydrogens (tertiary/aromatic N) is 1. The Balaban J connectivity index is 2.55. The van der Waals surface area contributed by atoms with Crippen molar-refractivity contribution in [2.24, 2.45) is 11.7 Å². The Labute approximate surface area is 95.6 Å². The highest BCUT2D eigenvalue weighted by atomic mass is 16.4. The van der Waals surface area contributed by atoms with E-state index in [1.165, 1.54) is 0 Å². The Morgan fingerprint density at radius 2 is 2.00 bits per heavy atom. The molecule has 1 unspecified atom stereocenters. The maximum atomic E-state index is 11.9. The molecule has 5 nitrogen and oxygen atoms in total. The van der Waals surface area contributed by atoms with Gasteiger partial charge in [-0.05, 0) is 18.8 Å². The summed E-state index contributed by atoms with van der Waals surface area (Å²) in [7, 11) is 0. The summed E-state index contributed by atoms with van der Waals surface area (Å²) >= 11 is 0. The molecule has 0 aromatic carbocycles. The van der Waals surface area contributed by atoms with Gasteiger partial charge in [-0.3, -0.25) is 9.59 Å². The molecule has 0 aromatic rings. The zero-order chi connectivity index (χ0) is 12.3. The van der Waals surface area contributed by atoms with Gasteiger partial charge in [-0.1, -0.05) is 13.8 Å². The topological polar surface area (TPSA) is 83.6 Å². The van der Waals surface area contributed by atoms with Crippen LogP contribution in [0.4, 0.5) is 0 Å². The Bertz CT molecular complexity index is 274. The molecule has 1 rings (SSSR count). The largest absolute Gasteiger partial charge is 0.481 e. The van der Waals surface area contributed by atoms with Crippen molar-refractivity contribution in [3.63, 3.8) is 0 Å². The van der Waals surface area contributed by atoms with Crippen LogP contribution in [0.25, 0.3) is 0 Å². The molecule has 5 heteroatoms. The van der Waals surface area contributed by atoms with E-state index in [1.54, 1.807) is 4.90 Å². The molecule has 0 spiro atoms. The van der Waals surface area contributed by atoms with Crippen molar-refractivity contribution in [1.29, 1.82) is 0 Å². The number of hydrogen-bond acceptors (Lipinski definition) is 3. The van der Waals surface area contributed by atoms with E-state index >= 15 is 0 Å². The Morgan fingerprint density at radius 3 is 2.38 bits per heavy atom. The second-order valence-corrected chi connectivity index (χ2v) is 4.82. The first-order valence-corrected chi connectivity index (χ1v) is 5.69. The van der Waals surface area contributed by atoms with Crippen molar-refractivity contribution in [2.75, 3.05) is 6.54 Å². The molecule has 1 aliphatic rings. The lowest BCUT2D eigenvalue weighted by atomic mass is 10.1. The maximum absolute atomic E-state index is 11.9. The fraction of sp³-hybridized carbons (Fsp3) is 0.818. The van der Waals surface area contributed by atoms with Gasteiger partial charge in [0.15, 0.2) is 0 Å². The first-order chi connectivity index (χ1) is 7.41. The molecule has 0 aromatic heterocycles. The molecule has 1 atom stereocenters. The van der Waals surface area contributed by atoms with Crippen LogP contribution in [0.1, 0.15) is 33.1 Å². The standard InChI is InChI=1S/C11H20N2O3/c1-7(2)6-13(8-3-4-8)11(16)9(12)5-10(14)15/h7-9H,3-6,12H2,1-2H3,(H,14,15). The zero-order valence-corrected chi connectivity index (χ0v) is 9.85. The van der Waals surface area contributed by atoms with Crippen LogP contribution >= 0.6 is 0 Å². The van der Waals surface area contributed by atoms with Gasteiger partial charge in [0.2, 0.25) is 5.91 Å². The fourth-order valence-corrected chi connectivity index (χ4v) is 1.69. The lowest BCUT2D eigenvalue weighted by Gasteiger charge is -2.26. The number of carboxylic acids is 1. The van der Waals surface area contributed by atoms with Crippen molar-refractivity contribution in [3.05, 3.63) is 0 Å². The van der Waals surface area contributed by atoms with Crippen molar-refractivity contribution >= 4 is 11.9 Å². The number of rotatable bonds is 6. The number of carbonyl (C=O) groups is 2. The van der Waals surface area contributed by atoms with E-state index in [0.717, 1.165) is 12.8 Å². The van der Waals surface area contributed by atoms with Gasteiger partial charge in [0.1, 0.15) is 0 Å². The Morgan fingerprint density at radius 1 is 1.44 bits per heavy atom. The van der Waals surface area contributed by atoms with Crippen LogP contribution in [0.15, 0.2) is 0 Å². The maximum Gasteiger partial charge on any atom is 0.305 e. The summed E-state index contributed by atoms with van der Waals surface area (Å²) in [6.07, 6.45) is 1.73. The van der Waals surface area contributed by atoms with E-state index in [4.69, 9.17) is 10.8 Å². The number of carboxylic acid groups (broad SMARTS) is 1. The molecule has 1 saturated carbocycles. The minimum absolute atomic E-state index is 0.224. The molecule has 0 saturated heterocycles. The van der Waals surface area contributed by atoms with Gasteiger partial charge in [-0.25, -0.2) is 0 Å². The molecule has 3 N–H and O–H groups in total. The molecule has 0 aliphatic heterocycles. The third-order valence-electron chi connectivity index (χ3n) is 2.54. The fourth-order valence-electron chi connectivity index (χ4n) is 1.69. The van der Waals surface area contributed by atoms with Crippen LogP contribution in [0.2, 0.25) is 0 Å². The lowest BCUT2D eigenvalue weighted by molar-refractivity contribution is -0.142. The van der Waals surface area contributed by atoms with Crippen molar-refractivity contribution in [1.82, 2.24) is 4.90 Å². The number of carbonyl (C=O) groups excluding carboxylic acids is 1. The van der Waals surface area contributed by atoms with Gasteiger partial charge < -0.3 is 15.7 Å². The van der Waals surface area contributed by atoms with Crippen LogP contribution in [-0.4, -0.2) is 40.5 Å². The van der Waals surface area contributed by atoms with Crippen molar-refractivity contribution < 1.29 is 14.7 Å². The monoisotopic (exact) mass is 228 g/mol. The number of amides is 1. The predicted molar refractivity (Wildman–Crippen MR) is 59.8 cm³/mol. The van der Waals surface area contributed by atoms with Crippen molar-refractivity contribution in [3.8, 4) is 0 Å². The minimum atomic E-state index is -1.03. The van der Waals surface area contributed by atoms with E-state index in [0.29, 0.717) is 12.5 Å². The normalized spacial score (nSPS) is 17.2. The third kappa shape index (κ3) is 3.81. The number of nitrogens with two attached hydrogens (primary N) is 1. The SMILES string of the molecule is CC(C)CN(C(=O)C(N)CC(=O)O)C1CC1. The van der Waals surface area contributed by atoms with Gasteiger partial charge >= 0.3 is 5.97 Å². The second kappa shape index (κ2) is 5.30. The highest BCUT2D eigenvalue weighted by Gasteiger charge is 2.35. The lowest BCUT2D eigenvalue weighted by Crippen LogP contribution is -2.47. The van der Waals surface area contributed by atoms with Crippen LogP contribution in [-0.2, 0) is 9.59 Å². The van der Waals surface area contributed by atoms with E-state index < -0.39 is 12.0 Å². The predicted octanol–water partition coefficient (Wildman–Crippen LogP) is 0.435. The highest BCUT2D eigenvalue weighted by Crippen LogP contribution is 2.28. The van der Waals surface area contributed by atoms with Gasteiger partial charge in [-0.2, -0.15) is 0 Å². The van der Waals surface area contributed by atoms with Crippen molar-refractivity contribution in [2.45, 2.75) is 45.2 Å². The van der Waals surface area contributed by atoms with Crippen LogP contribution in [0.3, 0.4) is 0 Å². The first-order valence-electron chi connectivity index (χ1n) is 5.69. The van der Waals surface area contributed by atoms with Gasteiger partial charge in [0.25, 0.3) is 0 Å². The van der Waals surface area contributed by atoms with E-state index in [9.17, 15) is 9.59 Å². The Hall–Kier alpha value is -1.10. The minimum Gasteiger partial charge on any atom is -0.481 e. The summed E-state index contributed by atoms with van der Waals surface area (Å²) in [5.74, 6) is -0.874. The summed E-state index contributed by atoms with van der Waals surface area (Å²) in [4.78, 5) is 24.2. The van der Waals surface area contributed by atoms with Crippen LogP contribution < -0.4 is 5.73 Å². The second-order valence-electron chi connectivity index (χ2n) is 4.82. The van der Waals surface area contributed by atoms with Gasteiger partial charge in [-0.15, -0.1) is 0 Å². The summed E-state index contributed by atoms with van der Waals surface area (Å²) < 4.78 is 0. The molecule has 0 heterocycles. The highest BCUT2D eigenvalue weighted by molar-refractivity contribution is 5.86. The molecule has 1 fully saturated rings. The summed E-state index contributed by atoms with van der Waals surface area (Å²) in [5.41, 5.74) is 5.59. The van der Waals surface area contributed by atoms with Crippen LogP contribution in [0.5, 0.6) is 0 Å². The van der Waals surface area contributed by atoms with E-state index in [-0.39, 0.29) is 18.4 Å². The summed E-state index contributed by atoms with van der Waals surface area (Å²) in [5, 5.41) is 8.60. The molecule has 92 valence electrons. The third-order valence-corrected chi connectivity index (χ3v) is 2.54. The quantitative estimate of drug-likeness (QED) is 0.690. The molecule has 1 aliphatic carbocycles. The van der Waals surface area contributed by atoms with Gasteiger partial charge in [0, 0.05) is 12.6 Å². The van der Waals surface area contributed by atoms with E-state index in [2.05, 4.69) is 0 Å². The smallest absolute Gasteiger partial charge is 0.305 e. The van der Waals surface area contributed by atoms with Crippen LogP contribution in [0, 0.1) is 5.92 Å².